The Morgan fingerprint density at radius 3 is 2.21 bits per heavy atom. The van der Waals surface area contributed by atoms with Crippen molar-refractivity contribution in [3.63, 3.8) is 0 Å². The third-order valence-corrected chi connectivity index (χ3v) is 3.64. The Kier molecular flexibility index (Phi) is 5.54. The minimum absolute atomic E-state index is 0.790. The van der Waals surface area contributed by atoms with E-state index in [-0.39, 0.29) is 0 Å². The molecule has 0 radical (unpaired) electrons. The lowest BCUT2D eigenvalue weighted by Crippen LogP contribution is -2.35. The summed E-state index contributed by atoms with van der Waals surface area (Å²) >= 11 is 0. The minimum atomic E-state index is 0.790. The van der Waals surface area contributed by atoms with Crippen molar-refractivity contribution in [3.8, 4) is 0 Å². The Hall–Kier alpha value is -0.0400. The standard InChI is InChI=1S/C13H27N/c1-11(2)9-10-13(14-3)12-7-5-4-6-8-12/h11-14H,4-10H2,1-3H3. The third-order valence-electron chi connectivity index (χ3n) is 3.64. The molecule has 1 aliphatic rings. The highest BCUT2D eigenvalue weighted by Crippen LogP contribution is 2.28. The Morgan fingerprint density at radius 2 is 1.71 bits per heavy atom. The summed E-state index contributed by atoms with van der Waals surface area (Å²) in [7, 11) is 2.14. The first kappa shape index (κ1) is 12.0. The van der Waals surface area contributed by atoms with Gasteiger partial charge < -0.3 is 5.32 Å². The van der Waals surface area contributed by atoms with Crippen molar-refractivity contribution in [1.29, 1.82) is 0 Å². The van der Waals surface area contributed by atoms with E-state index in [0.29, 0.717) is 0 Å². The van der Waals surface area contributed by atoms with Crippen LogP contribution in [0.1, 0.15) is 58.8 Å². The maximum absolute atomic E-state index is 3.53. The average molecular weight is 197 g/mol. The Morgan fingerprint density at radius 1 is 1.07 bits per heavy atom. The molecule has 1 unspecified atom stereocenters. The van der Waals surface area contributed by atoms with E-state index in [4.69, 9.17) is 0 Å². The zero-order chi connectivity index (χ0) is 10.4. The van der Waals surface area contributed by atoms with Gasteiger partial charge in [0.2, 0.25) is 0 Å². The predicted octanol–water partition coefficient (Wildman–Crippen LogP) is 3.59. The molecule has 0 spiro atoms. The molecule has 0 aromatic rings. The molecule has 1 aliphatic carbocycles. The summed E-state index contributed by atoms with van der Waals surface area (Å²) in [5, 5.41) is 3.53. The van der Waals surface area contributed by atoms with Crippen molar-refractivity contribution in [1.82, 2.24) is 5.32 Å². The van der Waals surface area contributed by atoms with E-state index < -0.39 is 0 Å². The van der Waals surface area contributed by atoms with Crippen LogP contribution in [0.4, 0.5) is 0 Å². The van der Waals surface area contributed by atoms with Gasteiger partial charge in [-0.3, -0.25) is 0 Å². The molecule has 1 fully saturated rings. The molecule has 1 rings (SSSR count). The molecule has 1 nitrogen and oxygen atoms in total. The van der Waals surface area contributed by atoms with Gasteiger partial charge in [-0.05, 0) is 44.6 Å². The van der Waals surface area contributed by atoms with Crippen LogP contribution in [-0.4, -0.2) is 13.1 Å². The summed E-state index contributed by atoms with van der Waals surface area (Å²) in [5.74, 6) is 1.82. The SMILES string of the molecule is CNC(CCC(C)C)C1CCCCC1. The molecular weight excluding hydrogens is 170 g/mol. The molecule has 0 saturated heterocycles. The lowest BCUT2D eigenvalue weighted by molar-refractivity contribution is 0.258. The normalized spacial score (nSPS) is 21.4. The van der Waals surface area contributed by atoms with E-state index in [9.17, 15) is 0 Å². The van der Waals surface area contributed by atoms with Crippen LogP contribution in [0, 0.1) is 11.8 Å². The summed E-state index contributed by atoms with van der Waals surface area (Å²) in [4.78, 5) is 0. The summed E-state index contributed by atoms with van der Waals surface area (Å²) in [6.45, 7) is 4.65. The van der Waals surface area contributed by atoms with Crippen LogP contribution in [-0.2, 0) is 0 Å². The second-order valence-electron chi connectivity index (χ2n) is 5.26. The fraction of sp³-hybridized carbons (Fsp3) is 1.00. The van der Waals surface area contributed by atoms with Crippen molar-refractivity contribution in [3.05, 3.63) is 0 Å². The van der Waals surface area contributed by atoms with Crippen LogP contribution < -0.4 is 5.32 Å². The van der Waals surface area contributed by atoms with Crippen LogP contribution in [0.3, 0.4) is 0 Å². The van der Waals surface area contributed by atoms with Gasteiger partial charge in [-0.2, -0.15) is 0 Å². The molecule has 0 amide bonds. The van der Waals surface area contributed by atoms with Crippen LogP contribution in [0.15, 0.2) is 0 Å². The summed E-state index contributed by atoms with van der Waals surface area (Å²) < 4.78 is 0. The smallest absolute Gasteiger partial charge is 0.00924 e. The Labute approximate surface area is 89.7 Å². The molecular formula is C13H27N. The lowest BCUT2D eigenvalue weighted by atomic mass is 9.81. The molecule has 0 aliphatic heterocycles. The summed E-state index contributed by atoms with van der Waals surface area (Å²) in [6, 6.07) is 0.790. The van der Waals surface area contributed by atoms with Gasteiger partial charge in [0.25, 0.3) is 0 Å². The highest BCUT2D eigenvalue weighted by molar-refractivity contribution is 4.78. The second kappa shape index (κ2) is 6.44. The fourth-order valence-electron chi connectivity index (χ4n) is 2.67. The highest BCUT2D eigenvalue weighted by atomic mass is 14.9. The minimum Gasteiger partial charge on any atom is -0.317 e. The molecule has 1 atom stereocenters. The summed E-state index contributed by atoms with van der Waals surface area (Å²) in [5.41, 5.74) is 0. The zero-order valence-corrected chi connectivity index (χ0v) is 10.2. The lowest BCUT2D eigenvalue weighted by Gasteiger charge is -2.30. The first-order valence-corrected chi connectivity index (χ1v) is 6.41. The number of hydrogen-bond acceptors (Lipinski definition) is 1. The van der Waals surface area contributed by atoms with Crippen LogP contribution in [0.5, 0.6) is 0 Å². The molecule has 14 heavy (non-hydrogen) atoms. The second-order valence-corrected chi connectivity index (χ2v) is 5.26. The summed E-state index contributed by atoms with van der Waals surface area (Å²) in [6.07, 6.45) is 10.1. The third kappa shape index (κ3) is 4.00. The van der Waals surface area contributed by atoms with Crippen molar-refractivity contribution in [2.24, 2.45) is 11.8 Å². The monoisotopic (exact) mass is 197 g/mol. The fourth-order valence-corrected chi connectivity index (χ4v) is 2.67. The van der Waals surface area contributed by atoms with Crippen LogP contribution in [0.25, 0.3) is 0 Å². The van der Waals surface area contributed by atoms with Gasteiger partial charge in [0.15, 0.2) is 0 Å². The average Bonchev–Trinajstić information content (AvgIpc) is 2.20. The van der Waals surface area contributed by atoms with Crippen molar-refractivity contribution in [2.75, 3.05) is 7.05 Å². The molecule has 0 heterocycles. The van der Waals surface area contributed by atoms with Gasteiger partial charge in [0.05, 0.1) is 0 Å². The van der Waals surface area contributed by atoms with Crippen molar-refractivity contribution < 1.29 is 0 Å². The van der Waals surface area contributed by atoms with Crippen LogP contribution in [0.2, 0.25) is 0 Å². The molecule has 0 aromatic heterocycles. The number of rotatable bonds is 5. The first-order chi connectivity index (χ1) is 6.74. The van der Waals surface area contributed by atoms with Gasteiger partial charge >= 0.3 is 0 Å². The molecule has 84 valence electrons. The van der Waals surface area contributed by atoms with E-state index in [1.54, 1.807) is 0 Å². The van der Waals surface area contributed by atoms with E-state index in [1.165, 1.54) is 44.9 Å². The van der Waals surface area contributed by atoms with Gasteiger partial charge in [0.1, 0.15) is 0 Å². The quantitative estimate of drug-likeness (QED) is 0.710. The maximum atomic E-state index is 3.53. The topological polar surface area (TPSA) is 12.0 Å². The van der Waals surface area contributed by atoms with Crippen molar-refractivity contribution >= 4 is 0 Å². The highest BCUT2D eigenvalue weighted by Gasteiger charge is 2.21. The molecule has 0 aromatic carbocycles. The van der Waals surface area contributed by atoms with Gasteiger partial charge in [-0.1, -0.05) is 33.1 Å². The molecule has 0 bridgehead atoms. The van der Waals surface area contributed by atoms with E-state index in [0.717, 1.165) is 17.9 Å². The van der Waals surface area contributed by atoms with E-state index in [1.807, 2.05) is 0 Å². The molecule has 1 saturated carbocycles. The number of nitrogens with one attached hydrogen (secondary N) is 1. The van der Waals surface area contributed by atoms with Crippen LogP contribution >= 0.6 is 0 Å². The largest absolute Gasteiger partial charge is 0.317 e. The van der Waals surface area contributed by atoms with E-state index in [2.05, 4.69) is 26.2 Å². The first-order valence-electron chi connectivity index (χ1n) is 6.41. The van der Waals surface area contributed by atoms with Crippen molar-refractivity contribution in [2.45, 2.75) is 64.8 Å². The number of hydrogen-bond donors (Lipinski definition) is 1. The molecule has 1 N–H and O–H groups in total. The molecule has 1 heteroatoms. The van der Waals surface area contributed by atoms with Gasteiger partial charge in [-0.25, -0.2) is 0 Å². The van der Waals surface area contributed by atoms with E-state index >= 15 is 0 Å². The predicted molar refractivity (Wildman–Crippen MR) is 63.5 cm³/mol. The Balaban J connectivity index is 2.28. The van der Waals surface area contributed by atoms with Gasteiger partial charge in [-0.15, -0.1) is 0 Å². The van der Waals surface area contributed by atoms with Gasteiger partial charge in [0, 0.05) is 6.04 Å². The Bertz CT molecular complexity index is 136. The maximum Gasteiger partial charge on any atom is 0.00924 e. The zero-order valence-electron chi connectivity index (χ0n) is 10.2.